The lowest BCUT2D eigenvalue weighted by Gasteiger charge is -2.03. The summed E-state index contributed by atoms with van der Waals surface area (Å²) in [6.45, 7) is 2.11. The molecule has 0 aliphatic carbocycles. The van der Waals surface area contributed by atoms with Crippen LogP contribution in [0.5, 0.6) is 0 Å². The molecule has 0 aliphatic rings. The van der Waals surface area contributed by atoms with Gasteiger partial charge >= 0.3 is 0 Å². The summed E-state index contributed by atoms with van der Waals surface area (Å²) in [5, 5.41) is 12.5. The second-order valence-electron chi connectivity index (χ2n) is 3.78. The molecule has 0 aliphatic heterocycles. The van der Waals surface area contributed by atoms with Gasteiger partial charge in [0.15, 0.2) is 0 Å². The summed E-state index contributed by atoms with van der Waals surface area (Å²) < 4.78 is 26.8. The summed E-state index contributed by atoms with van der Waals surface area (Å²) >= 11 is 2.65. The summed E-state index contributed by atoms with van der Waals surface area (Å²) in [6, 6.07) is 3.46. The van der Waals surface area contributed by atoms with Gasteiger partial charge in [-0.15, -0.1) is 22.7 Å². The number of aliphatic hydroxyl groups excluding tert-OH is 1. The fourth-order valence-electron chi connectivity index (χ4n) is 1.39. The van der Waals surface area contributed by atoms with E-state index in [0.29, 0.717) is 12.1 Å². The standard InChI is InChI=1S/C11H13NO3S3/c1-8-2-3-16-10(8)5-12-18(14,15)11-4-9(6-13)7-17-11/h2-4,7,12-13H,5-6H2,1H3. The molecule has 0 unspecified atom stereocenters. The van der Waals surface area contributed by atoms with Crippen molar-refractivity contribution in [2.45, 2.75) is 24.3 Å². The van der Waals surface area contributed by atoms with Gasteiger partial charge < -0.3 is 5.11 Å². The zero-order valence-corrected chi connectivity index (χ0v) is 12.2. The second kappa shape index (κ2) is 5.50. The van der Waals surface area contributed by atoms with E-state index >= 15 is 0 Å². The molecule has 0 fully saturated rings. The Balaban J connectivity index is 2.10. The van der Waals surface area contributed by atoms with Gasteiger partial charge in [-0.1, -0.05) is 0 Å². The van der Waals surface area contributed by atoms with E-state index in [1.807, 2.05) is 18.4 Å². The minimum absolute atomic E-state index is 0.143. The predicted molar refractivity (Wildman–Crippen MR) is 73.3 cm³/mol. The van der Waals surface area contributed by atoms with Crippen LogP contribution in [-0.4, -0.2) is 13.5 Å². The molecule has 0 aromatic carbocycles. The molecule has 0 saturated heterocycles. The van der Waals surface area contributed by atoms with Gasteiger partial charge in [0, 0.05) is 11.4 Å². The molecule has 7 heteroatoms. The maximum Gasteiger partial charge on any atom is 0.250 e. The molecular formula is C11H13NO3S3. The number of sulfonamides is 1. The zero-order valence-electron chi connectivity index (χ0n) is 9.71. The molecular weight excluding hydrogens is 290 g/mol. The van der Waals surface area contributed by atoms with E-state index in [9.17, 15) is 8.42 Å². The van der Waals surface area contributed by atoms with Crippen LogP contribution in [-0.2, 0) is 23.2 Å². The highest BCUT2D eigenvalue weighted by atomic mass is 32.2. The molecule has 0 amide bonds. The van der Waals surface area contributed by atoms with E-state index in [0.717, 1.165) is 21.8 Å². The van der Waals surface area contributed by atoms with Gasteiger partial charge in [-0.2, -0.15) is 0 Å². The van der Waals surface area contributed by atoms with Crippen LogP contribution in [0.3, 0.4) is 0 Å². The lowest BCUT2D eigenvalue weighted by Crippen LogP contribution is -2.22. The lowest BCUT2D eigenvalue weighted by atomic mass is 10.3. The van der Waals surface area contributed by atoms with Crippen molar-refractivity contribution in [3.63, 3.8) is 0 Å². The molecule has 2 rings (SSSR count). The molecule has 2 N–H and O–H groups in total. The first-order chi connectivity index (χ1) is 8.53. The highest BCUT2D eigenvalue weighted by Crippen LogP contribution is 2.21. The normalized spacial score (nSPS) is 11.9. The Morgan fingerprint density at radius 1 is 1.39 bits per heavy atom. The molecule has 0 spiro atoms. The number of aliphatic hydroxyl groups is 1. The van der Waals surface area contributed by atoms with Gasteiger partial charge in [-0.3, -0.25) is 0 Å². The fourth-order valence-corrected chi connectivity index (χ4v) is 4.57. The van der Waals surface area contributed by atoms with Gasteiger partial charge in [0.1, 0.15) is 4.21 Å². The summed E-state index contributed by atoms with van der Waals surface area (Å²) in [6.07, 6.45) is 0. The van der Waals surface area contributed by atoms with E-state index in [2.05, 4.69) is 4.72 Å². The molecule has 0 saturated carbocycles. The largest absolute Gasteiger partial charge is 0.392 e. The first kappa shape index (κ1) is 13.7. The zero-order chi connectivity index (χ0) is 13.2. The van der Waals surface area contributed by atoms with Crippen LogP contribution in [0, 0.1) is 6.92 Å². The van der Waals surface area contributed by atoms with E-state index in [-0.39, 0.29) is 10.8 Å². The molecule has 98 valence electrons. The third-order valence-corrected chi connectivity index (χ3v) is 6.38. The van der Waals surface area contributed by atoms with Crippen molar-refractivity contribution in [3.05, 3.63) is 38.9 Å². The average Bonchev–Trinajstić information content (AvgIpc) is 2.95. The molecule has 0 atom stereocenters. The minimum atomic E-state index is -3.48. The summed E-state index contributed by atoms with van der Waals surface area (Å²) in [5.74, 6) is 0. The molecule has 0 bridgehead atoms. The number of hydrogen-bond donors (Lipinski definition) is 2. The summed E-state index contributed by atoms with van der Waals surface area (Å²) in [7, 11) is -3.48. The minimum Gasteiger partial charge on any atom is -0.392 e. The van der Waals surface area contributed by atoms with Gasteiger partial charge in [0.05, 0.1) is 6.61 Å². The lowest BCUT2D eigenvalue weighted by molar-refractivity contribution is 0.282. The van der Waals surface area contributed by atoms with Crippen molar-refractivity contribution in [2.75, 3.05) is 0 Å². The highest BCUT2D eigenvalue weighted by molar-refractivity contribution is 7.91. The van der Waals surface area contributed by atoms with Crippen molar-refractivity contribution in [1.29, 1.82) is 0 Å². The molecule has 2 heterocycles. The van der Waals surface area contributed by atoms with Gasteiger partial charge in [-0.05, 0) is 40.9 Å². The van der Waals surface area contributed by atoms with E-state index < -0.39 is 10.0 Å². The maximum absolute atomic E-state index is 12.0. The summed E-state index contributed by atoms with van der Waals surface area (Å²) in [4.78, 5) is 1.01. The summed E-state index contributed by atoms with van der Waals surface area (Å²) in [5.41, 5.74) is 1.71. The quantitative estimate of drug-likeness (QED) is 0.889. The third kappa shape index (κ3) is 2.99. The Morgan fingerprint density at radius 2 is 2.17 bits per heavy atom. The third-order valence-electron chi connectivity index (χ3n) is 2.47. The Morgan fingerprint density at radius 3 is 2.72 bits per heavy atom. The maximum atomic E-state index is 12.0. The van der Waals surface area contributed by atoms with Crippen LogP contribution in [0.4, 0.5) is 0 Å². The van der Waals surface area contributed by atoms with Crippen LogP contribution in [0.15, 0.2) is 27.1 Å². The fraction of sp³-hybridized carbons (Fsp3) is 0.273. The highest BCUT2D eigenvalue weighted by Gasteiger charge is 2.16. The molecule has 18 heavy (non-hydrogen) atoms. The Labute approximate surface area is 114 Å². The Bertz CT molecular complexity index is 628. The first-order valence-electron chi connectivity index (χ1n) is 5.24. The number of thiophene rings is 2. The van der Waals surface area contributed by atoms with Crippen molar-refractivity contribution < 1.29 is 13.5 Å². The van der Waals surface area contributed by atoms with Crippen molar-refractivity contribution in [2.24, 2.45) is 0 Å². The molecule has 2 aromatic rings. The van der Waals surface area contributed by atoms with E-state index in [1.165, 1.54) is 17.4 Å². The van der Waals surface area contributed by atoms with Crippen LogP contribution >= 0.6 is 22.7 Å². The van der Waals surface area contributed by atoms with Crippen LogP contribution < -0.4 is 4.72 Å². The second-order valence-corrected chi connectivity index (χ2v) is 7.69. The molecule has 4 nitrogen and oxygen atoms in total. The predicted octanol–water partition coefficient (Wildman–Crippen LogP) is 2.09. The van der Waals surface area contributed by atoms with E-state index in [4.69, 9.17) is 5.11 Å². The van der Waals surface area contributed by atoms with Crippen LogP contribution in [0.1, 0.15) is 16.0 Å². The van der Waals surface area contributed by atoms with Crippen LogP contribution in [0.2, 0.25) is 0 Å². The topological polar surface area (TPSA) is 66.4 Å². The monoisotopic (exact) mass is 303 g/mol. The smallest absolute Gasteiger partial charge is 0.250 e. The van der Waals surface area contributed by atoms with Crippen molar-refractivity contribution in [1.82, 2.24) is 4.72 Å². The Kier molecular flexibility index (Phi) is 4.18. The number of hydrogen-bond acceptors (Lipinski definition) is 5. The SMILES string of the molecule is Cc1ccsc1CNS(=O)(=O)c1cc(CO)cs1. The van der Waals surface area contributed by atoms with Gasteiger partial charge in [0.25, 0.3) is 0 Å². The average molecular weight is 303 g/mol. The van der Waals surface area contributed by atoms with Gasteiger partial charge in [0.2, 0.25) is 10.0 Å². The first-order valence-corrected chi connectivity index (χ1v) is 8.48. The number of aryl methyl sites for hydroxylation is 1. The van der Waals surface area contributed by atoms with Crippen LogP contribution in [0.25, 0.3) is 0 Å². The van der Waals surface area contributed by atoms with Crippen molar-refractivity contribution >= 4 is 32.7 Å². The van der Waals surface area contributed by atoms with Gasteiger partial charge in [-0.25, -0.2) is 13.1 Å². The number of rotatable bonds is 5. The van der Waals surface area contributed by atoms with Crippen molar-refractivity contribution in [3.8, 4) is 0 Å². The molecule has 2 aromatic heterocycles. The van der Waals surface area contributed by atoms with E-state index in [1.54, 1.807) is 5.38 Å². The number of nitrogens with one attached hydrogen (secondary N) is 1. The molecule has 0 radical (unpaired) electrons. The Hall–Kier alpha value is -0.730.